The van der Waals surface area contributed by atoms with Crippen molar-refractivity contribution in [2.75, 3.05) is 47.5 Å². The van der Waals surface area contributed by atoms with Gasteiger partial charge in [-0.1, -0.05) is 244 Å². The molecule has 0 aromatic rings. The lowest BCUT2D eigenvalue weighted by Crippen LogP contribution is -2.44. The van der Waals surface area contributed by atoms with Crippen LogP contribution in [0.1, 0.15) is 232 Å². The number of carbonyl (C=O) groups is 3. The maximum Gasteiger partial charge on any atom is 0.306 e. The van der Waals surface area contributed by atoms with Crippen LogP contribution in [-0.2, 0) is 33.3 Å². The number of carboxylic acid groups (broad SMARTS) is 1. The van der Waals surface area contributed by atoms with E-state index in [9.17, 15) is 19.5 Å². The summed E-state index contributed by atoms with van der Waals surface area (Å²) in [6, 6.07) is 0. The first-order chi connectivity index (χ1) is 38.6. The molecule has 0 saturated carbocycles. The average molecular weight is 1100 g/mol. The molecule has 0 aromatic heterocycles. The number of esters is 2. The van der Waals surface area contributed by atoms with Crippen molar-refractivity contribution in [2.45, 2.75) is 245 Å². The van der Waals surface area contributed by atoms with Gasteiger partial charge in [-0.3, -0.25) is 9.59 Å². The molecule has 0 bridgehead atoms. The Morgan fingerprint density at radius 3 is 1.01 bits per heavy atom. The minimum atomic E-state index is -1.63. The summed E-state index contributed by atoms with van der Waals surface area (Å²) in [4.78, 5) is 37.4. The molecule has 0 rings (SSSR count). The Hall–Kier alpha value is -4.57. The van der Waals surface area contributed by atoms with Gasteiger partial charge in [0, 0.05) is 12.8 Å². The van der Waals surface area contributed by atoms with Crippen molar-refractivity contribution in [2.24, 2.45) is 0 Å². The van der Waals surface area contributed by atoms with Crippen LogP contribution in [0.15, 0.2) is 134 Å². The van der Waals surface area contributed by atoms with E-state index < -0.39 is 24.3 Å². The number of carboxylic acids is 1. The summed E-state index contributed by atoms with van der Waals surface area (Å²) in [5.74, 6) is -2.31. The molecular formula is C70H115NO8. The quantitative estimate of drug-likeness (QED) is 0.0195. The second-order valence-corrected chi connectivity index (χ2v) is 21.6. The number of allylic oxidation sites excluding steroid dienone is 22. The predicted octanol–water partition coefficient (Wildman–Crippen LogP) is 17.7. The van der Waals surface area contributed by atoms with Crippen LogP contribution in [0, 0.1) is 0 Å². The van der Waals surface area contributed by atoms with Crippen LogP contribution < -0.4 is 5.11 Å². The SMILES string of the molecule is CC/C=C\C/C=C\C/C=C\C/C=C\C/C=C\C/C=C\CCCCCCCCCCCCCCC(=O)OC(COC(=O)CCCCCCCCC/C=C\C/C=C\C/C=C\C/C=C\C/C=C\CC)COC(OCC[N+](C)(C)C)C(=O)[O-]. The van der Waals surface area contributed by atoms with Crippen LogP contribution in [0.2, 0.25) is 0 Å². The molecule has 0 spiro atoms. The Morgan fingerprint density at radius 1 is 0.380 bits per heavy atom. The summed E-state index contributed by atoms with van der Waals surface area (Å²) in [5, 5.41) is 11.8. The summed E-state index contributed by atoms with van der Waals surface area (Å²) >= 11 is 0. The van der Waals surface area contributed by atoms with Gasteiger partial charge in [0.05, 0.1) is 40.3 Å². The van der Waals surface area contributed by atoms with E-state index >= 15 is 0 Å². The third kappa shape index (κ3) is 60.9. The average Bonchev–Trinajstić information content (AvgIpc) is 3.42. The highest BCUT2D eigenvalue weighted by atomic mass is 16.7. The van der Waals surface area contributed by atoms with Gasteiger partial charge >= 0.3 is 11.9 Å². The molecule has 0 fully saturated rings. The number of rotatable bonds is 56. The summed E-state index contributed by atoms with van der Waals surface area (Å²) in [6.45, 7) is 4.50. The highest BCUT2D eigenvalue weighted by molar-refractivity contribution is 5.70. The van der Waals surface area contributed by atoms with Crippen molar-refractivity contribution < 1.29 is 42.9 Å². The van der Waals surface area contributed by atoms with E-state index in [2.05, 4.69) is 148 Å². The van der Waals surface area contributed by atoms with Crippen molar-refractivity contribution in [3.63, 3.8) is 0 Å². The number of hydrogen-bond acceptors (Lipinski definition) is 8. The van der Waals surface area contributed by atoms with Gasteiger partial charge in [-0.25, -0.2) is 0 Å². The summed E-state index contributed by atoms with van der Waals surface area (Å²) in [7, 11) is 5.91. The number of hydrogen-bond donors (Lipinski definition) is 0. The van der Waals surface area contributed by atoms with Crippen LogP contribution >= 0.6 is 0 Å². The second-order valence-electron chi connectivity index (χ2n) is 21.6. The van der Waals surface area contributed by atoms with Gasteiger partial charge in [-0.2, -0.15) is 0 Å². The minimum Gasteiger partial charge on any atom is -0.545 e. The fourth-order valence-corrected chi connectivity index (χ4v) is 8.15. The van der Waals surface area contributed by atoms with Gasteiger partial charge in [0.25, 0.3) is 0 Å². The van der Waals surface area contributed by atoms with Crippen molar-refractivity contribution in [1.29, 1.82) is 0 Å². The van der Waals surface area contributed by atoms with Crippen molar-refractivity contribution in [1.82, 2.24) is 0 Å². The summed E-state index contributed by atoms with van der Waals surface area (Å²) in [5.41, 5.74) is 0. The van der Waals surface area contributed by atoms with Gasteiger partial charge in [-0.15, -0.1) is 0 Å². The molecule has 2 unspecified atom stereocenters. The lowest BCUT2D eigenvalue weighted by molar-refractivity contribution is -0.870. The number of nitrogens with zero attached hydrogens (tertiary/aromatic N) is 1. The monoisotopic (exact) mass is 1100 g/mol. The zero-order valence-corrected chi connectivity index (χ0v) is 50.9. The van der Waals surface area contributed by atoms with Gasteiger partial charge < -0.3 is 33.3 Å². The lowest BCUT2D eigenvalue weighted by atomic mass is 10.0. The number of quaternary nitrogens is 1. The topological polar surface area (TPSA) is 111 Å². The van der Waals surface area contributed by atoms with Crippen LogP contribution in [0.3, 0.4) is 0 Å². The standard InChI is InChI=1S/C70H115NO8/c1-6-8-10-12-14-16-18-20-22-24-26-28-30-31-32-33-34-35-36-37-39-41-43-45-47-49-51-53-55-57-59-61-68(73)79-66(65-78-70(69(74)75)76-63-62-71(3,4)5)64-77-67(72)60-58-56-54-52-50-48-46-44-42-40-38-29-27-25-23-21-19-17-15-13-11-9-7-2/h8-11,14-17,20-23,26-29,31-32,34-35,40,42,66,70H,6-7,12-13,18-19,24-25,30,33,36-39,41,43-65H2,1-5H3/b10-8-,11-9-,16-14-,17-15-,22-20-,23-21-,28-26-,29-27-,32-31-,35-34-,42-40-. The molecule has 0 N–H and O–H groups in total. The summed E-state index contributed by atoms with van der Waals surface area (Å²) in [6.07, 6.45) is 82.1. The number of aliphatic carboxylic acids is 1. The molecule has 448 valence electrons. The highest BCUT2D eigenvalue weighted by Gasteiger charge is 2.22. The number of carbonyl (C=O) groups excluding carboxylic acids is 3. The Labute approximate surface area is 484 Å². The van der Waals surface area contributed by atoms with E-state index in [4.69, 9.17) is 18.9 Å². The van der Waals surface area contributed by atoms with Crippen LogP contribution in [0.5, 0.6) is 0 Å². The van der Waals surface area contributed by atoms with Gasteiger partial charge in [0.1, 0.15) is 13.2 Å². The lowest BCUT2D eigenvalue weighted by Gasteiger charge is -2.26. The molecule has 0 aliphatic rings. The van der Waals surface area contributed by atoms with Crippen LogP contribution in [0.25, 0.3) is 0 Å². The maximum absolute atomic E-state index is 12.9. The first-order valence-corrected chi connectivity index (χ1v) is 31.3. The van der Waals surface area contributed by atoms with Gasteiger partial charge in [0.15, 0.2) is 12.4 Å². The van der Waals surface area contributed by atoms with E-state index in [1.165, 1.54) is 77.0 Å². The predicted molar refractivity (Wildman–Crippen MR) is 333 cm³/mol. The van der Waals surface area contributed by atoms with Crippen LogP contribution in [-0.4, -0.2) is 82.3 Å². The van der Waals surface area contributed by atoms with Crippen molar-refractivity contribution in [3.05, 3.63) is 134 Å². The molecule has 0 aromatic carbocycles. The number of unbranched alkanes of at least 4 members (excludes halogenated alkanes) is 19. The molecule has 0 radical (unpaired) electrons. The smallest absolute Gasteiger partial charge is 0.306 e. The molecule has 79 heavy (non-hydrogen) atoms. The first kappa shape index (κ1) is 74.4. The maximum atomic E-state index is 12.9. The van der Waals surface area contributed by atoms with Gasteiger partial charge in [-0.05, 0) is 109 Å². The molecule has 0 amide bonds. The second kappa shape index (κ2) is 59.5. The Morgan fingerprint density at radius 2 is 0.684 bits per heavy atom. The zero-order valence-electron chi connectivity index (χ0n) is 50.9. The Bertz CT molecular complexity index is 1750. The number of ether oxygens (including phenoxy) is 4. The fourth-order valence-electron chi connectivity index (χ4n) is 8.15. The van der Waals surface area contributed by atoms with Crippen molar-refractivity contribution >= 4 is 17.9 Å². The molecule has 0 saturated heterocycles. The van der Waals surface area contributed by atoms with Gasteiger partial charge in [0.2, 0.25) is 0 Å². The Kier molecular flexibility index (Phi) is 56.1. The molecule has 0 aliphatic heterocycles. The molecule has 9 nitrogen and oxygen atoms in total. The van der Waals surface area contributed by atoms with E-state index in [0.717, 1.165) is 122 Å². The van der Waals surface area contributed by atoms with E-state index in [1.807, 2.05) is 21.1 Å². The fraction of sp³-hybridized carbons (Fsp3) is 0.643. The molecule has 0 aliphatic carbocycles. The minimum absolute atomic E-state index is 0.138. The third-order valence-corrected chi connectivity index (χ3v) is 12.9. The molecule has 2 atom stereocenters. The van der Waals surface area contributed by atoms with E-state index in [1.54, 1.807) is 0 Å². The highest BCUT2D eigenvalue weighted by Crippen LogP contribution is 2.15. The van der Waals surface area contributed by atoms with Crippen LogP contribution in [0.4, 0.5) is 0 Å². The zero-order chi connectivity index (χ0) is 57.6. The Balaban J connectivity index is 4.24. The third-order valence-electron chi connectivity index (χ3n) is 12.9. The van der Waals surface area contributed by atoms with E-state index in [-0.39, 0.29) is 38.6 Å². The van der Waals surface area contributed by atoms with E-state index in [0.29, 0.717) is 17.4 Å². The van der Waals surface area contributed by atoms with Crippen molar-refractivity contribution in [3.8, 4) is 0 Å². The molecule has 9 heteroatoms. The normalized spacial score (nSPS) is 13.7. The molecular weight excluding hydrogens is 983 g/mol. The summed E-state index contributed by atoms with van der Waals surface area (Å²) < 4.78 is 22.7. The number of likely N-dealkylation sites (N-methyl/N-ethyl adjacent to an activating group) is 1. The molecule has 0 heterocycles. The first-order valence-electron chi connectivity index (χ1n) is 31.3. The largest absolute Gasteiger partial charge is 0.545 e.